The molecule has 5 heteroatoms. The summed E-state index contributed by atoms with van der Waals surface area (Å²) in [5.74, 6) is 4.81. The average molecular weight is 203 g/mol. The predicted octanol–water partition coefficient (Wildman–Crippen LogP) is -0.541. The molecule has 0 aliphatic carbocycles. The van der Waals surface area contributed by atoms with Crippen LogP contribution in [0.25, 0.3) is 0 Å². The van der Waals surface area contributed by atoms with Crippen molar-refractivity contribution < 1.29 is 9.90 Å². The van der Waals surface area contributed by atoms with E-state index in [0.717, 1.165) is 19.4 Å². The maximum atomic E-state index is 10.7. The number of rotatable bonds is 7. The van der Waals surface area contributed by atoms with Gasteiger partial charge in [0.25, 0.3) is 0 Å². The summed E-state index contributed by atoms with van der Waals surface area (Å²) >= 11 is 0. The summed E-state index contributed by atoms with van der Waals surface area (Å²) in [4.78, 5) is 12.8. The van der Waals surface area contributed by atoms with E-state index in [2.05, 4.69) is 5.43 Å². The number of nitrogens with two attached hydrogens (primary N) is 1. The summed E-state index contributed by atoms with van der Waals surface area (Å²) < 4.78 is 0. The van der Waals surface area contributed by atoms with Crippen LogP contribution in [0.4, 0.5) is 0 Å². The first kappa shape index (κ1) is 13.4. The molecule has 0 saturated heterocycles. The highest BCUT2D eigenvalue weighted by molar-refractivity contribution is 5.74. The van der Waals surface area contributed by atoms with E-state index < -0.39 is 0 Å². The fourth-order valence-electron chi connectivity index (χ4n) is 1.28. The van der Waals surface area contributed by atoms with Crippen LogP contribution in [-0.2, 0) is 4.79 Å². The minimum absolute atomic E-state index is 0.122. The molecule has 0 saturated carbocycles. The summed E-state index contributed by atoms with van der Waals surface area (Å²) in [7, 11) is 1.95. The minimum Gasteiger partial charge on any atom is -0.392 e. The van der Waals surface area contributed by atoms with Crippen molar-refractivity contribution in [3.05, 3.63) is 0 Å². The molecule has 14 heavy (non-hydrogen) atoms. The predicted molar refractivity (Wildman–Crippen MR) is 55.4 cm³/mol. The quantitative estimate of drug-likeness (QED) is 0.225. The maximum Gasteiger partial charge on any atom is 0.233 e. The van der Waals surface area contributed by atoms with Gasteiger partial charge in [-0.15, -0.1) is 0 Å². The SMILES string of the molecule is CC(O)CN(C)CCCCC(=O)NN. The summed E-state index contributed by atoms with van der Waals surface area (Å²) in [5.41, 5.74) is 2.09. The van der Waals surface area contributed by atoms with Crippen molar-refractivity contribution in [3.63, 3.8) is 0 Å². The monoisotopic (exact) mass is 203 g/mol. The van der Waals surface area contributed by atoms with Crippen molar-refractivity contribution >= 4 is 5.91 Å². The zero-order chi connectivity index (χ0) is 11.0. The topological polar surface area (TPSA) is 78.6 Å². The van der Waals surface area contributed by atoms with Gasteiger partial charge in [-0.3, -0.25) is 10.2 Å². The van der Waals surface area contributed by atoms with E-state index in [9.17, 15) is 4.79 Å². The second-order valence-corrected chi connectivity index (χ2v) is 3.64. The second kappa shape index (κ2) is 7.73. The smallest absolute Gasteiger partial charge is 0.233 e. The van der Waals surface area contributed by atoms with Gasteiger partial charge in [0.15, 0.2) is 0 Å². The van der Waals surface area contributed by atoms with E-state index in [-0.39, 0.29) is 12.0 Å². The van der Waals surface area contributed by atoms with Crippen LogP contribution in [0.15, 0.2) is 0 Å². The Kier molecular flexibility index (Phi) is 7.37. The zero-order valence-electron chi connectivity index (χ0n) is 8.99. The van der Waals surface area contributed by atoms with E-state index in [1.165, 1.54) is 0 Å². The molecule has 0 aliphatic rings. The number of hydrogen-bond acceptors (Lipinski definition) is 4. The van der Waals surface area contributed by atoms with Crippen molar-refractivity contribution in [2.75, 3.05) is 20.1 Å². The number of aliphatic hydroxyl groups is 1. The molecule has 1 atom stereocenters. The molecule has 1 unspecified atom stereocenters. The third-order valence-corrected chi connectivity index (χ3v) is 1.93. The summed E-state index contributed by atoms with van der Waals surface area (Å²) in [6.45, 7) is 3.32. The van der Waals surface area contributed by atoms with Crippen molar-refractivity contribution in [3.8, 4) is 0 Å². The highest BCUT2D eigenvalue weighted by Gasteiger charge is 2.03. The Hall–Kier alpha value is -0.650. The van der Waals surface area contributed by atoms with Gasteiger partial charge >= 0.3 is 0 Å². The summed E-state index contributed by atoms with van der Waals surface area (Å²) in [5, 5.41) is 9.08. The van der Waals surface area contributed by atoms with E-state index in [1.807, 2.05) is 11.9 Å². The van der Waals surface area contributed by atoms with Crippen molar-refractivity contribution in [1.82, 2.24) is 10.3 Å². The Morgan fingerprint density at radius 1 is 1.57 bits per heavy atom. The Balaban J connectivity index is 3.31. The Morgan fingerprint density at radius 2 is 2.21 bits per heavy atom. The molecule has 0 radical (unpaired) electrons. The van der Waals surface area contributed by atoms with Crippen LogP contribution in [0.5, 0.6) is 0 Å². The third kappa shape index (κ3) is 7.97. The first-order valence-electron chi connectivity index (χ1n) is 4.92. The van der Waals surface area contributed by atoms with E-state index in [0.29, 0.717) is 13.0 Å². The van der Waals surface area contributed by atoms with Crippen LogP contribution in [0.2, 0.25) is 0 Å². The van der Waals surface area contributed by atoms with Crippen LogP contribution >= 0.6 is 0 Å². The molecule has 0 rings (SSSR count). The lowest BCUT2D eigenvalue weighted by atomic mass is 10.2. The van der Waals surface area contributed by atoms with E-state index in [4.69, 9.17) is 10.9 Å². The molecule has 0 bridgehead atoms. The normalized spacial score (nSPS) is 12.9. The van der Waals surface area contributed by atoms with Gasteiger partial charge in [0.05, 0.1) is 6.10 Å². The third-order valence-electron chi connectivity index (χ3n) is 1.93. The van der Waals surface area contributed by atoms with Crippen LogP contribution < -0.4 is 11.3 Å². The van der Waals surface area contributed by atoms with Crippen LogP contribution in [0.1, 0.15) is 26.2 Å². The summed E-state index contributed by atoms with van der Waals surface area (Å²) in [6, 6.07) is 0. The van der Waals surface area contributed by atoms with Gasteiger partial charge < -0.3 is 10.0 Å². The van der Waals surface area contributed by atoms with Crippen molar-refractivity contribution in [2.45, 2.75) is 32.3 Å². The Labute approximate surface area is 85.2 Å². The molecule has 0 heterocycles. The number of hydrazine groups is 1. The average Bonchev–Trinajstić information content (AvgIpc) is 2.10. The van der Waals surface area contributed by atoms with Gasteiger partial charge in [-0.1, -0.05) is 0 Å². The number of carbonyl (C=O) groups excluding carboxylic acids is 1. The molecule has 0 aromatic heterocycles. The second-order valence-electron chi connectivity index (χ2n) is 3.64. The molecular weight excluding hydrogens is 182 g/mol. The minimum atomic E-state index is -0.299. The zero-order valence-corrected chi connectivity index (χ0v) is 8.99. The number of likely N-dealkylation sites (N-methyl/N-ethyl adjacent to an activating group) is 1. The highest BCUT2D eigenvalue weighted by atomic mass is 16.3. The van der Waals surface area contributed by atoms with Gasteiger partial charge in [-0.05, 0) is 33.4 Å². The van der Waals surface area contributed by atoms with E-state index >= 15 is 0 Å². The molecule has 0 aromatic carbocycles. The van der Waals surface area contributed by atoms with Crippen LogP contribution in [-0.4, -0.2) is 42.2 Å². The van der Waals surface area contributed by atoms with E-state index in [1.54, 1.807) is 6.92 Å². The fourth-order valence-corrected chi connectivity index (χ4v) is 1.28. The summed E-state index contributed by atoms with van der Waals surface area (Å²) in [6.07, 6.45) is 1.94. The van der Waals surface area contributed by atoms with Crippen molar-refractivity contribution in [2.24, 2.45) is 5.84 Å². The Morgan fingerprint density at radius 3 is 2.71 bits per heavy atom. The van der Waals surface area contributed by atoms with Gasteiger partial charge in [-0.2, -0.15) is 0 Å². The number of aliphatic hydroxyl groups excluding tert-OH is 1. The van der Waals surface area contributed by atoms with Crippen LogP contribution in [0.3, 0.4) is 0 Å². The molecule has 1 amide bonds. The highest BCUT2D eigenvalue weighted by Crippen LogP contribution is 1.98. The molecule has 0 aliphatic heterocycles. The number of nitrogens with zero attached hydrogens (tertiary/aromatic N) is 1. The lowest BCUT2D eigenvalue weighted by Gasteiger charge is -2.17. The number of amides is 1. The van der Waals surface area contributed by atoms with Gasteiger partial charge in [0.1, 0.15) is 0 Å². The lowest BCUT2D eigenvalue weighted by molar-refractivity contribution is -0.121. The molecule has 0 fully saturated rings. The largest absolute Gasteiger partial charge is 0.392 e. The molecule has 0 aromatic rings. The lowest BCUT2D eigenvalue weighted by Crippen LogP contribution is -2.30. The van der Waals surface area contributed by atoms with Gasteiger partial charge in [-0.25, -0.2) is 5.84 Å². The number of nitrogens with one attached hydrogen (secondary N) is 1. The van der Waals surface area contributed by atoms with Gasteiger partial charge in [0.2, 0.25) is 5.91 Å². The van der Waals surface area contributed by atoms with Gasteiger partial charge in [0, 0.05) is 13.0 Å². The standard InChI is InChI=1S/C9H21N3O2/c1-8(13)7-12(2)6-4-3-5-9(14)11-10/h8,13H,3-7,10H2,1-2H3,(H,11,14). The van der Waals surface area contributed by atoms with Crippen LogP contribution in [0, 0.1) is 0 Å². The molecule has 4 N–H and O–H groups in total. The number of unbranched alkanes of at least 4 members (excludes halogenated alkanes) is 1. The maximum absolute atomic E-state index is 10.7. The number of carbonyl (C=O) groups is 1. The van der Waals surface area contributed by atoms with Crippen molar-refractivity contribution in [1.29, 1.82) is 0 Å². The first-order valence-corrected chi connectivity index (χ1v) is 4.92. The fraction of sp³-hybridized carbons (Fsp3) is 0.889. The molecule has 84 valence electrons. The number of hydrogen-bond donors (Lipinski definition) is 3. The first-order chi connectivity index (χ1) is 6.56. The Bertz CT molecular complexity index is 162. The molecule has 5 nitrogen and oxygen atoms in total. The molecular formula is C9H21N3O2. The molecule has 0 spiro atoms.